The van der Waals surface area contributed by atoms with Crippen molar-refractivity contribution in [2.24, 2.45) is 0 Å². The fraction of sp³-hybridized carbons (Fsp3) is 0.400. The van der Waals surface area contributed by atoms with E-state index in [9.17, 15) is 9.59 Å². The minimum atomic E-state index is -0.493. The van der Waals surface area contributed by atoms with Gasteiger partial charge in [-0.2, -0.15) is 0 Å². The van der Waals surface area contributed by atoms with Crippen LogP contribution in [0.15, 0.2) is 47.1 Å². The summed E-state index contributed by atoms with van der Waals surface area (Å²) in [6.07, 6.45) is 2.63. The lowest BCUT2D eigenvalue weighted by Crippen LogP contribution is -2.51. The number of ether oxygens (including phenoxy) is 1. The van der Waals surface area contributed by atoms with Crippen molar-refractivity contribution >= 4 is 23.5 Å². The van der Waals surface area contributed by atoms with Crippen LogP contribution in [-0.4, -0.2) is 55.0 Å². The minimum absolute atomic E-state index is 0.104. The van der Waals surface area contributed by atoms with Gasteiger partial charge in [0.05, 0.1) is 13.4 Å². The van der Waals surface area contributed by atoms with Gasteiger partial charge in [0, 0.05) is 44.0 Å². The molecule has 0 radical (unpaired) electrons. The molecule has 6 nitrogen and oxygen atoms in total. The summed E-state index contributed by atoms with van der Waals surface area (Å²) in [5.74, 6) is 0.609. The number of carbonyl (C=O) groups is 2. The smallest absolute Gasteiger partial charge is 0.327 e. The Bertz CT molecular complexity index is 753. The van der Waals surface area contributed by atoms with E-state index in [1.165, 1.54) is 7.11 Å². The van der Waals surface area contributed by atoms with Crippen LogP contribution in [0.2, 0.25) is 5.02 Å². The summed E-state index contributed by atoms with van der Waals surface area (Å²) in [4.78, 5) is 28.7. The van der Waals surface area contributed by atoms with Crippen LogP contribution in [0, 0.1) is 0 Å². The average Bonchev–Trinajstić information content (AvgIpc) is 3.22. The van der Waals surface area contributed by atoms with Gasteiger partial charge in [0.15, 0.2) is 0 Å². The summed E-state index contributed by atoms with van der Waals surface area (Å²) in [7, 11) is 1.39. The molecule has 1 atom stereocenters. The van der Waals surface area contributed by atoms with E-state index in [1.54, 1.807) is 18.4 Å². The van der Waals surface area contributed by atoms with Crippen LogP contribution in [0.1, 0.15) is 23.8 Å². The molecule has 0 saturated carbocycles. The highest BCUT2D eigenvalue weighted by Crippen LogP contribution is 2.25. The lowest BCUT2D eigenvalue weighted by Gasteiger charge is -2.38. The molecule has 0 N–H and O–H groups in total. The van der Waals surface area contributed by atoms with Crippen LogP contribution in [-0.2, 0) is 20.7 Å². The third kappa shape index (κ3) is 4.90. The van der Waals surface area contributed by atoms with Gasteiger partial charge in [-0.25, -0.2) is 4.79 Å². The van der Waals surface area contributed by atoms with Crippen LogP contribution < -0.4 is 0 Å². The van der Waals surface area contributed by atoms with Gasteiger partial charge in [-0.3, -0.25) is 9.69 Å². The van der Waals surface area contributed by atoms with E-state index < -0.39 is 6.04 Å². The number of piperazine rings is 1. The van der Waals surface area contributed by atoms with Crippen LogP contribution in [0.5, 0.6) is 0 Å². The van der Waals surface area contributed by atoms with E-state index >= 15 is 0 Å². The molecule has 1 aliphatic rings. The van der Waals surface area contributed by atoms with Gasteiger partial charge in [0.1, 0.15) is 11.8 Å². The molecule has 1 unspecified atom stereocenters. The number of nitrogens with zero attached hydrogens (tertiary/aromatic N) is 2. The van der Waals surface area contributed by atoms with Gasteiger partial charge < -0.3 is 14.1 Å². The number of halogens is 1. The summed E-state index contributed by atoms with van der Waals surface area (Å²) in [5.41, 5.74) is 0.837. The predicted octanol–water partition coefficient (Wildman–Crippen LogP) is 2.92. The summed E-state index contributed by atoms with van der Waals surface area (Å²) in [6, 6.07) is 10.4. The predicted molar refractivity (Wildman–Crippen MR) is 101 cm³/mol. The molecule has 1 aliphatic heterocycles. The molecular weight excluding hydrogens is 368 g/mol. The number of amides is 1. The summed E-state index contributed by atoms with van der Waals surface area (Å²) >= 11 is 5.96. The second kappa shape index (κ2) is 9.06. The van der Waals surface area contributed by atoms with Gasteiger partial charge in [-0.15, -0.1) is 0 Å². The zero-order valence-electron chi connectivity index (χ0n) is 15.3. The normalized spacial score (nSPS) is 16.1. The SMILES string of the molecule is COC(=O)C(c1ccc(Cl)cc1)N1CCN(C(=O)CCc2ccco2)CC1. The Kier molecular flexibility index (Phi) is 6.53. The Balaban J connectivity index is 1.59. The number of hydrogen-bond acceptors (Lipinski definition) is 5. The highest BCUT2D eigenvalue weighted by Gasteiger charge is 2.32. The maximum absolute atomic E-state index is 12.4. The van der Waals surface area contributed by atoms with E-state index in [1.807, 2.05) is 34.1 Å². The van der Waals surface area contributed by atoms with Crippen LogP contribution >= 0.6 is 11.6 Å². The fourth-order valence-corrected chi connectivity index (χ4v) is 3.45. The third-order valence-electron chi connectivity index (χ3n) is 4.81. The van der Waals surface area contributed by atoms with Crippen molar-refractivity contribution in [3.63, 3.8) is 0 Å². The van der Waals surface area contributed by atoms with Gasteiger partial charge in [-0.1, -0.05) is 23.7 Å². The molecule has 1 aromatic carbocycles. The van der Waals surface area contributed by atoms with Crippen LogP contribution in [0.4, 0.5) is 0 Å². The van der Waals surface area contributed by atoms with E-state index in [2.05, 4.69) is 0 Å². The highest BCUT2D eigenvalue weighted by atomic mass is 35.5. The molecule has 1 aromatic heterocycles. The summed E-state index contributed by atoms with van der Waals surface area (Å²) < 4.78 is 10.3. The number of aryl methyl sites for hydroxylation is 1. The zero-order chi connectivity index (χ0) is 19.2. The molecule has 1 saturated heterocycles. The van der Waals surface area contributed by atoms with Crippen molar-refractivity contribution in [2.45, 2.75) is 18.9 Å². The first-order chi connectivity index (χ1) is 13.1. The van der Waals surface area contributed by atoms with Gasteiger partial charge >= 0.3 is 5.97 Å². The van der Waals surface area contributed by atoms with Crippen molar-refractivity contribution in [3.8, 4) is 0 Å². The third-order valence-corrected chi connectivity index (χ3v) is 5.06. The van der Waals surface area contributed by atoms with Crippen molar-refractivity contribution in [1.82, 2.24) is 9.80 Å². The van der Waals surface area contributed by atoms with Crippen LogP contribution in [0.25, 0.3) is 0 Å². The fourth-order valence-electron chi connectivity index (χ4n) is 3.33. The topological polar surface area (TPSA) is 63.0 Å². The molecule has 1 amide bonds. The summed E-state index contributed by atoms with van der Waals surface area (Å²) in [5, 5.41) is 0.620. The number of benzene rings is 1. The van der Waals surface area contributed by atoms with Crippen molar-refractivity contribution in [2.75, 3.05) is 33.3 Å². The van der Waals surface area contributed by atoms with Crippen LogP contribution in [0.3, 0.4) is 0 Å². The minimum Gasteiger partial charge on any atom is -0.469 e. The quantitative estimate of drug-likeness (QED) is 0.709. The lowest BCUT2D eigenvalue weighted by atomic mass is 10.0. The molecular formula is C20H23ClN2O4. The van der Waals surface area contributed by atoms with Gasteiger partial charge in [0.2, 0.25) is 5.91 Å². The first-order valence-electron chi connectivity index (χ1n) is 8.96. The van der Waals surface area contributed by atoms with Crippen molar-refractivity contribution < 1.29 is 18.7 Å². The molecule has 3 rings (SSSR count). The Hall–Kier alpha value is -2.31. The number of carbonyl (C=O) groups excluding carboxylic acids is 2. The Morgan fingerprint density at radius 3 is 2.44 bits per heavy atom. The number of esters is 1. The molecule has 0 bridgehead atoms. The molecule has 144 valence electrons. The first kappa shape index (κ1) is 19.5. The Labute approximate surface area is 163 Å². The largest absolute Gasteiger partial charge is 0.469 e. The molecule has 0 spiro atoms. The molecule has 2 aromatic rings. The standard InChI is InChI=1S/C20H23ClN2O4/c1-26-20(25)19(15-4-6-16(21)7-5-15)23-12-10-22(11-13-23)18(24)9-8-17-3-2-14-27-17/h2-7,14,19H,8-13H2,1H3. The molecule has 2 heterocycles. The number of rotatable bonds is 6. The lowest BCUT2D eigenvalue weighted by molar-refractivity contribution is -0.148. The average molecular weight is 391 g/mol. The number of furan rings is 1. The van der Waals surface area contributed by atoms with E-state index in [4.69, 9.17) is 20.8 Å². The molecule has 1 fully saturated rings. The van der Waals surface area contributed by atoms with Gasteiger partial charge in [-0.05, 0) is 29.8 Å². The summed E-state index contributed by atoms with van der Waals surface area (Å²) in [6.45, 7) is 2.37. The maximum atomic E-state index is 12.4. The van der Waals surface area contributed by atoms with E-state index in [0.29, 0.717) is 44.0 Å². The maximum Gasteiger partial charge on any atom is 0.327 e. The Morgan fingerprint density at radius 2 is 1.85 bits per heavy atom. The molecule has 0 aliphatic carbocycles. The van der Waals surface area contributed by atoms with Crippen molar-refractivity contribution in [1.29, 1.82) is 0 Å². The highest BCUT2D eigenvalue weighted by molar-refractivity contribution is 6.30. The number of methoxy groups -OCH3 is 1. The molecule has 27 heavy (non-hydrogen) atoms. The first-order valence-corrected chi connectivity index (χ1v) is 9.34. The van der Waals surface area contributed by atoms with E-state index in [0.717, 1.165) is 11.3 Å². The van der Waals surface area contributed by atoms with Crippen molar-refractivity contribution in [3.05, 3.63) is 59.0 Å². The molecule has 7 heteroatoms. The van der Waals surface area contributed by atoms with Gasteiger partial charge in [0.25, 0.3) is 0 Å². The monoisotopic (exact) mass is 390 g/mol. The second-order valence-corrected chi connectivity index (χ2v) is 6.91. The zero-order valence-corrected chi connectivity index (χ0v) is 16.0. The Morgan fingerprint density at radius 1 is 1.15 bits per heavy atom. The number of hydrogen-bond donors (Lipinski definition) is 0. The second-order valence-electron chi connectivity index (χ2n) is 6.47. The van der Waals surface area contributed by atoms with E-state index in [-0.39, 0.29) is 11.9 Å².